The number of hydrogen-bond donors (Lipinski definition) is 1. The molecule has 172 valence electrons. The molecule has 1 N–H and O–H groups in total. The lowest BCUT2D eigenvalue weighted by atomic mass is 9.81. The van der Waals surface area contributed by atoms with Gasteiger partial charge in [0.15, 0.2) is 0 Å². The molecule has 0 unspecified atom stereocenters. The molecule has 2 aromatic rings. The number of carbonyl (C=O) groups is 2. The highest BCUT2D eigenvalue weighted by Crippen LogP contribution is 2.31. The van der Waals surface area contributed by atoms with Gasteiger partial charge in [-0.2, -0.15) is 0 Å². The first kappa shape index (κ1) is 22.3. The minimum Gasteiger partial charge on any atom is -0.375 e. The predicted molar refractivity (Wildman–Crippen MR) is 119 cm³/mol. The molecule has 2 amide bonds. The van der Waals surface area contributed by atoms with Crippen LogP contribution in [-0.4, -0.2) is 71.1 Å². The molecule has 0 atom stereocenters. The number of H-pyrrole nitrogens is 1. The van der Waals surface area contributed by atoms with E-state index in [1.54, 1.807) is 29.2 Å². The Morgan fingerprint density at radius 1 is 1.00 bits per heavy atom. The van der Waals surface area contributed by atoms with Crippen molar-refractivity contribution in [3.05, 3.63) is 45.1 Å². The summed E-state index contributed by atoms with van der Waals surface area (Å²) in [7, 11) is 1.50. The second-order valence-electron chi connectivity index (χ2n) is 8.75. The van der Waals surface area contributed by atoms with Gasteiger partial charge in [0.05, 0.1) is 10.9 Å². The summed E-state index contributed by atoms with van der Waals surface area (Å²) in [5.41, 5.74) is -0.0895. The fraction of sp³-hybridized carbons (Fsp3) is 0.565. The molecule has 0 spiro atoms. The molecule has 9 heteroatoms. The molecule has 0 radical (unpaired) electrons. The highest BCUT2D eigenvalue weighted by atomic mass is 16.5. The third-order valence-electron chi connectivity index (χ3n) is 6.74. The summed E-state index contributed by atoms with van der Waals surface area (Å²) in [5.74, 6) is 0.281. The van der Waals surface area contributed by atoms with Gasteiger partial charge in [-0.3, -0.25) is 19.0 Å². The minimum atomic E-state index is -0.382. The molecule has 1 saturated heterocycles. The number of hydrogen-bond acceptors (Lipinski definition) is 5. The second-order valence-corrected chi connectivity index (χ2v) is 8.75. The molecular weight excluding hydrogens is 412 g/mol. The number of rotatable bonds is 5. The van der Waals surface area contributed by atoms with E-state index in [1.807, 2.05) is 4.90 Å². The van der Waals surface area contributed by atoms with Crippen molar-refractivity contribution in [1.82, 2.24) is 19.4 Å². The summed E-state index contributed by atoms with van der Waals surface area (Å²) in [4.78, 5) is 56.5. The zero-order valence-electron chi connectivity index (χ0n) is 18.4. The van der Waals surface area contributed by atoms with Gasteiger partial charge in [0.2, 0.25) is 11.8 Å². The van der Waals surface area contributed by atoms with Crippen LogP contribution < -0.4 is 11.2 Å². The smallest absolute Gasteiger partial charge is 0.328 e. The summed E-state index contributed by atoms with van der Waals surface area (Å²) in [6, 6.07) is 7.03. The van der Waals surface area contributed by atoms with Gasteiger partial charge in [0.1, 0.15) is 6.61 Å². The Morgan fingerprint density at radius 3 is 2.34 bits per heavy atom. The monoisotopic (exact) mass is 442 g/mol. The maximum Gasteiger partial charge on any atom is 0.328 e. The number of ether oxygens (including phenoxy) is 1. The van der Waals surface area contributed by atoms with Gasteiger partial charge in [0.25, 0.3) is 5.56 Å². The third-order valence-corrected chi connectivity index (χ3v) is 6.74. The van der Waals surface area contributed by atoms with Crippen LogP contribution in [0.1, 0.15) is 25.7 Å². The van der Waals surface area contributed by atoms with Gasteiger partial charge in [-0.25, -0.2) is 4.79 Å². The van der Waals surface area contributed by atoms with E-state index in [0.29, 0.717) is 43.6 Å². The average Bonchev–Trinajstić information content (AvgIpc) is 2.82. The Balaban J connectivity index is 1.32. The van der Waals surface area contributed by atoms with Crippen LogP contribution in [0.3, 0.4) is 0 Å². The second kappa shape index (κ2) is 9.68. The highest BCUT2D eigenvalue weighted by Gasteiger charge is 2.32. The van der Waals surface area contributed by atoms with Crippen molar-refractivity contribution in [2.75, 3.05) is 39.9 Å². The number of nitrogens with zero attached hydrogens (tertiary/aromatic N) is 3. The lowest BCUT2D eigenvalue weighted by molar-refractivity contribution is -0.144. The van der Waals surface area contributed by atoms with E-state index in [9.17, 15) is 19.2 Å². The van der Waals surface area contributed by atoms with E-state index < -0.39 is 0 Å². The van der Waals surface area contributed by atoms with Crippen LogP contribution in [0.25, 0.3) is 10.9 Å². The maximum absolute atomic E-state index is 13.0. The number of aromatic amines is 1. The molecule has 9 nitrogen and oxygen atoms in total. The van der Waals surface area contributed by atoms with Gasteiger partial charge in [-0.1, -0.05) is 12.1 Å². The Morgan fingerprint density at radius 2 is 1.66 bits per heavy atom. The van der Waals surface area contributed by atoms with Crippen molar-refractivity contribution in [3.8, 4) is 0 Å². The van der Waals surface area contributed by atoms with Gasteiger partial charge in [-0.05, 0) is 43.7 Å². The number of nitrogens with one attached hydrogen (secondary N) is 1. The number of fused-ring (bicyclic) bond motifs is 1. The number of amides is 2. The van der Waals surface area contributed by atoms with Crippen molar-refractivity contribution in [2.24, 2.45) is 11.8 Å². The number of aromatic nitrogens is 2. The Bertz CT molecular complexity index is 1090. The summed E-state index contributed by atoms with van der Waals surface area (Å²) >= 11 is 0. The SMILES string of the molecule is COCC(=O)N1CCN(C(=O)C2CCC(Cn3c(=O)[nH]c4ccccc4c3=O)CC2)CC1. The molecular formula is C23H30N4O5. The van der Waals surface area contributed by atoms with E-state index in [1.165, 1.54) is 11.7 Å². The van der Waals surface area contributed by atoms with Crippen LogP contribution in [0.4, 0.5) is 0 Å². The predicted octanol–water partition coefficient (Wildman–Crippen LogP) is 0.813. The van der Waals surface area contributed by atoms with Crippen LogP contribution in [0.5, 0.6) is 0 Å². The molecule has 1 aromatic heterocycles. The van der Waals surface area contributed by atoms with Crippen molar-refractivity contribution in [1.29, 1.82) is 0 Å². The minimum absolute atomic E-state index is 0.0286. The highest BCUT2D eigenvalue weighted by molar-refractivity contribution is 5.80. The fourth-order valence-electron chi connectivity index (χ4n) is 4.86. The van der Waals surface area contributed by atoms with Gasteiger partial charge < -0.3 is 19.5 Å². The molecule has 32 heavy (non-hydrogen) atoms. The number of methoxy groups -OCH3 is 1. The molecule has 2 aliphatic rings. The summed E-state index contributed by atoms with van der Waals surface area (Å²) < 4.78 is 6.20. The summed E-state index contributed by atoms with van der Waals surface area (Å²) in [5, 5.41) is 0.513. The Hall–Kier alpha value is -2.94. The molecule has 0 bridgehead atoms. The quantitative estimate of drug-likeness (QED) is 0.738. The van der Waals surface area contributed by atoms with Crippen molar-refractivity contribution in [2.45, 2.75) is 32.2 Å². The molecule has 1 aliphatic heterocycles. The number of benzene rings is 1. The fourth-order valence-corrected chi connectivity index (χ4v) is 4.86. The third kappa shape index (κ3) is 4.62. The molecule has 2 heterocycles. The maximum atomic E-state index is 13.0. The molecule has 2 fully saturated rings. The van der Waals surface area contributed by atoms with Crippen molar-refractivity contribution < 1.29 is 14.3 Å². The topological polar surface area (TPSA) is 105 Å². The first-order valence-electron chi connectivity index (χ1n) is 11.2. The van der Waals surface area contributed by atoms with E-state index in [-0.39, 0.29) is 41.5 Å². The van der Waals surface area contributed by atoms with Gasteiger partial charge in [0, 0.05) is 45.8 Å². The van der Waals surface area contributed by atoms with Crippen molar-refractivity contribution in [3.63, 3.8) is 0 Å². The van der Waals surface area contributed by atoms with Crippen LogP contribution in [0.2, 0.25) is 0 Å². The molecule has 1 saturated carbocycles. The first-order valence-corrected chi connectivity index (χ1v) is 11.2. The zero-order chi connectivity index (χ0) is 22.7. The number of para-hydroxylation sites is 1. The first-order chi connectivity index (χ1) is 15.5. The van der Waals surface area contributed by atoms with Crippen LogP contribution in [0, 0.1) is 11.8 Å². The van der Waals surface area contributed by atoms with Crippen LogP contribution in [0.15, 0.2) is 33.9 Å². The molecule has 1 aromatic carbocycles. The lowest BCUT2D eigenvalue weighted by Gasteiger charge is -2.38. The van der Waals surface area contributed by atoms with Crippen LogP contribution >= 0.6 is 0 Å². The van der Waals surface area contributed by atoms with Crippen molar-refractivity contribution >= 4 is 22.7 Å². The largest absolute Gasteiger partial charge is 0.375 e. The normalized spacial score (nSPS) is 21.7. The summed E-state index contributed by atoms with van der Waals surface area (Å²) in [6.07, 6.45) is 3.13. The van der Waals surface area contributed by atoms with E-state index >= 15 is 0 Å². The standard InChI is InChI=1S/C23H30N4O5/c1-32-15-20(28)25-10-12-26(13-11-25)21(29)17-8-6-16(7-9-17)14-27-22(30)18-4-2-3-5-19(18)24-23(27)31/h2-5,16-17H,6-15H2,1H3,(H,24,31). The van der Waals surface area contributed by atoms with E-state index in [0.717, 1.165) is 25.7 Å². The van der Waals surface area contributed by atoms with Gasteiger partial charge >= 0.3 is 5.69 Å². The Labute approximate surface area is 186 Å². The number of carbonyl (C=O) groups excluding carboxylic acids is 2. The average molecular weight is 443 g/mol. The molecule has 4 rings (SSSR count). The lowest BCUT2D eigenvalue weighted by Crippen LogP contribution is -2.52. The molecule has 1 aliphatic carbocycles. The zero-order valence-corrected chi connectivity index (χ0v) is 18.4. The van der Waals surface area contributed by atoms with E-state index in [2.05, 4.69) is 4.98 Å². The summed E-state index contributed by atoms with van der Waals surface area (Å²) in [6.45, 7) is 2.63. The Kier molecular flexibility index (Phi) is 6.74. The van der Waals surface area contributed by atoms with Crippen LogP contribution in [-0.2, 0) is 20.9 Å². The van der Waals surface area contributed by atoms with E-state index in [4.69, 9.17) is 4.74 Å². The van der Waals surface area contributed by atoms with Gasteiger partial charge in [-0.15, -0.1) is 0 Å². The number of piperazine rings is 1.